The van der Waals surface area contributed by atoms with Crippen molar-refractivity contribution in [1.29, 1.82) is 0 Å². The van der Waals surface area contributed by atoms with Crippen molar-refractivity contribution in [2.75, 3.05) is 19.1 Å². The van der Waals surface area contributed by atoms with E-state index in [9.17, 15) is 4.79 Å². The van der Waals surface area contributed by atoms with Crippen LogP contribution in [0.2, 0.25) is 0 Å². The lowest BCUT2D eigenvalue weighted by atomic mass is 10.1. The van der Waals surface area contributed by atoms with E-state index >= 15 is 0 Å². The Bertz CT molecular complexity index is 190. The van der Waals surface area contributed by atoms with Crippen molar-refractivity contribution >= 4 is 17.7 Å². The van der Waals surface area contributed by atoms with Gasteiger partial charge in [-0.05, 0) is 38.8 Å². The molecule has 0 heterocycles. The average molecular weight is 233 g/mol. The first-order valence-electron chi connectivity index (χ1n) is 5.29. The van der Waals surface area contributed by atoms with E-state index in [4.69, 9.17) is 5.84 Å². The van der Waals surface area contributed by atoms with Gasteiger partial charge in [0.2, 0.25) is 0 Å². The normalized spacial score (nSPS) is 15.1. The number of carbonyl (C=O) groups is 1. The summed E-state index contributed by atoms with van der Waals surface area (Å²) >= 11 is 1.83. The van der Waals surface area contributed by atoms with Crippen LogP contribution in [0.15, 0.2) is 0 Å². The van der Waals surface area contributed by atoms with Crippen molar-refractivity contribution in [1.82, 2.24) is 10.3 Å². The Hall–Kier alpha value is -0.260. The first-order valence-corrected chi connectivity index (χ1v) is 6.69. The van der Waals surface area contributed by atoms with Gasteiger partial charge in [0.1, 0.15) is 0 Å². The van der Waals surface area contributed by atoms with E-state index in [1.54, 1.807) is 0 Å². The van der Waals surface area contributed by atoms with Crippen LogP contribution in [-0.2, 0) is 4.79 Å². The molecule has 0 saturated carbocycles. The summed E-state index contributed by atoms with van der Waals surface area (Å²) in [5.74, 6) is 6.17. The number of carbonyl (C=O) groups excluding carboxylic acids is 1. The van der Waals surface area contributed by atoms with Gasteiger partial charge in [-0.3, -0.25) is 15.1 Å². The Labute approximate surface area is 96.9 Å². The van der Waals surface area contributed by atoms with Crippen LogP contribution in [-0.4, -0.2) is 41.9 Å². The van der Waals surface area contributed by atoms with Crippen LogP contribution in [0.3, 0.4) is 0 Å². The molecule has 0 radical (unpaired) electrons. The molecule has 0 aliphatic heterocycles. The zero-order valence-corrected chi connectivity index (χ0v) is 10.9. The van der Waals surface area contributed by atoms with Gasteiger partial charge >= 0.3 is 0 Å². The number of hydrogen-bond acceptors (Lipinski definition) is 4. The van der Waals surface area contributed by atoms with Crippen molar-refractivity contribution in [3.05, 3.63) is 0 Å². The number of amides is 1. The van der Waals surface area contributed by atoms with Crippen LogP contribution in [0.1, 0.15) is 26.7 Å². The van der Waals surface area contributed by atoms with Gasteiger partial charge in [0.25, 0.3) is 5.91 Å². The minimum Gasteiger partial charge on any atom is -0.293 e. The summed E-state index contributed by atoms with van der Waals surface area (Å²) in [7, 11) is 1.98. The van der Waals surface area contributed by atoms with Crippen molar-refractivity contribution < 1.29 is 4.79 Å². The molecule has 0 aromatic rings. The summed E-state index contributed by atoms with van der Waals surface area (Å²) in [4.78, 5) is 13.6. The average Bonchev–Trinajstić information content (AvgIpc) is 2.26. The molecule has 0 rings (SSSR count). The number of thioether (sulfide) groups is 1. The maximum Gasteiger partial charge on any atom is 0.251 e. The molecule has 0 fully saturated rings. The fraction of sp³-hybridized carbons (Fsp3) is 0.900. The number of likely N-dealkylation sites (N-methyl/N-ethyl adjacent to an activating group) is 1. The summed E-state index contributed by atoms with van der Waals surface area (Å²) in [6.07, 6.45) is 3.96. The lowest BCUT2D eigenvalue weighted by Gasteiger charge is -2.31. The number of nitrogens with two attached hydrogens (primary N) is 1. The van der Waals surface area contributed by atoms with Gasteiger partial charge in [-0.25, -0.2) is 5.84 Å². The van der Waals surface area contributed by atoms with Crippen LogP contribution in [0, 0.1) is 0 Å². The predicted molar refractivity (Wildman–Crippen MR) is 66.6 cm³/mol. The maximum absolute atomic E-state index is 11.5. The zero-order chi connectivity index (χ0) is 11.8. The number of rotatable bonds is 7. The van der Waals surface area contributed by atoms with E-state index in [-0.39, 0.29) is 11.9 Å². The highest BCUT2D eigenvalue weighted by atomic mass is 32.2. The molecule has 0 bridgehead atoms. The van der Waals surface area contributed by atoms with Crippen LogP contribution in [0.5, 0.6) is 0 Å². The largest absolute Gasteiger partial charge is 0.293 e. The van der Waals surface area contributed by atoms with Gasteiger partial charge in [0, 0.05) is 6.04 Å². The summed E-state index contributed by atoms with van der Waals surface area (Å²) in [5.41, 5.74) is 2.22. The molecule has 0 aliphatic carbocycles. The quantitative estimate of drug-likeness (QED) is 0.388. The molecular weight excluding hydrogens is 210 g/mol. The highest BCUT2D eigenvalue weighted by Gasteiger charge is 2.23. The van der Waals surface area contributed by atoms with Gasteiger partial charge in [0.15, 0.2) is 0 Å². The summed E-state index contributed by atoms with van der Waals surface area (Å²) in [6.45, 7) is 4.14. The number of hydrogen-bond donors (Lipinski definition) is 2. The van der Waals surface area contributed by atoms with Crippen molar-refractivity contribution in [2.45, 2.75) is 38.8 Å². The van der Waals surface area contributed by atoms with E-state index in [1.807, 2.05) is 25.7 Å². The molecule has 0 aliphatic rings. The molecule has 0 aromatic carbocycles. The van der Waals surface area contributed by atoms with Crippen molar-refractivity contribution in [3.63, 3.8) is 0 Å². The van der Waals surface area contributed by atoms with Gasteiger partial charge in [-0.15, -0.1) is 0 Å². The van der Waals surface area contributed by atoms with Crippen LogP contribution in [0.4, 0.5) is 0 Å². The standard InChI is InChI=1S/C10H23N3OS/c1-5-9(10(14)12-11)13(3)8(2)6-7-15-4/h8-9H,5-7,11H2,1-4H3,(H,12,14). The Morgan fingerprint density at radius 1 is 1.60 bits per heavy atom. The highest BCUT2D eigenvalue weighted by molar-refractivity contribution is 7.98. The molecule has 90 valence electrons. The van der Waals surface area contributed by atoms with Crippen molar-refractivity contribution in [2.24, 2.45) is 5.84 Å². The molecule has 1 amide bonds. The first kappa shape index (κ1) is 14.7. The minimum absolute atomic E-state index is 0.101. The van der Waals surface area contributed by atoms with E-state index in [0.29, 0.717) is 6.04 Å². The molecule has 0 spiro atoms. The third-order valence-electron chi connectivity index (χ3n) is 2.76. The smallest absolute Gasteiger partial charge is 0.251 e. The summed E-state index contributed by atoms with van der Waals surface area (Å²) < 4.78 is 0. The van der Waals surface area contributed by atoms with Crippen LogP contribution >= 0.6 is 11.8 Å². The Balaban J connectivity index is 4.23. The second-order valence-corrected chi connectivity index (χ2v) is 4.71. The molecule has 0 saturated heterocycles. The second kappa shape index (κ2) is 7.96. The topological polar surface area (TPSA) is 58.4 Å². The van der Waals surface area contributed by atoms with Crippen LogP contribution in [0.25, 0.3) is 0 Å². The van der Waals surface area contributed by atoms with E-state index in [2.05, 4.69) is 23.5 Å². The fourth-order valence-electron chi connectivity index (χ4n) is 1.55. The SMILES string of the molecule is CCC(C(=O)NN)N(C)C(C)CCSC. The van der Waals surface area contributed by atoms with Gasteiger partial charge < -0.3 is 0 Å². The number of nitrogens with zero attached hydrogens (tertiary/aromatic N) is 1. The number of hydrazine groups is 1. The van der Waals surface area contributed by atoms with Gasteiger partial charge in [-0.1, -0.05) is 6.92 Å². The lowest BCUT2D eigenvalue weighted by molar-refractivity contribution is -0.126. The molecule has 5 heteroatoms. The summed E-state index contributed by atoms with van der Waals surface area (Å²) in [5, 5.41) is 0. The maximum atomic E-state index is 11.5. The van der Waals surface area contributed by atoms with Gasteiger partial charge in [0.05, 0.1) is 6.04 Å². The van der Waals surface area contributed by atoms with E-state index in [1.165, 1.54) is 0 Å². The van der Waals surface area contributed by atoms with Crippen LogP contribution < -0.4 is 11.3 Å². The summed E-state index contributed by atoms with van der Waals surface area (Å²) in [6, 6.07) is 0.284. The third-order valence-corrected chi connectivity index (χ3v) is 3.40. The number of nitrogens with one attached hydrogen (secondary N) is 1. The first-order chi connectivity index (χ1) is 7.08. The zero-order valence-electron chi connectivity index (χ0n) is 10.1. The molecule has 2 atom stereocenters. The molecule has 2 unspecified atom stereocenters. The van der Waals surface area contributed by atoms with E-state index < -0.39 is 0 Å². The Morgan fingerprint density at radius 3 is 2.60 bits per heavy atom. The van der Waals surface area contributed by atoms with Crippen molar-refractivity contribution in [3.8, 4) is 0 Å². The Morgan fingerprint density at radius 2 is 2.20 bits per heavy atom. The third kappa shape index (κ3) is 4.86. The molecule has 15 heavy (non-hydrogen) atoms. The monoisotopic (exact) mass is 233 g/mol. The minimum atomic E-state index is -0.119. The highest BCUT2D eigenvalue weighted by Crippen LogP contribution is 2.11. The molecule has 3 N–H and O–H groups in total. The predicted octanol–water partition coefficient (Wildman–Crippen LogP) is 0.828. The molecular formula is C10H23N3OS. The van der Waals surface area contributed by atoms with Gasteiger partial charge in [-0.2, -0.15) is 11.8 Å². The second-order valence-electron chi connectivity index (χ2n) is 3.73. The Kier molecular flexibility index (Phi) is 7.82. The van der Waals surface area contributed by atoms with E-state index in [0.717, 1.165) is 18.6 Å². The fourth-order valence-corrected chi connectivity index (χ4v) is 2.13. The molecule has 0 aromatic heterocycles. The molecule has 4 nitrogen and oxygen atoms in total. The lowest BCUT2D eigenvalue weighted by Crippen LogP contribution is -2.50.